The second kappa shape index (κ2) is 41.8. The van der Waals surface area contributed by atoms with Crippen molar-refractivity contribution in [2.75, 3.05) is 47.5 Å². The monoisotopic (exact) mass is 857 g/mol. The van der Waals surface area contributed by atoms with Crippen LogP contribution in [0, 0.1) is 0 Å². The fourth-order valence-electron chi connectivity index (χ4n) is 6.87. The number of likely N-dealkylation sites (N-methyl/N-ethyl adjacent to an activating group) is 1. The van der Waals surface area contributed by atoms with E-state index in [2.05, 4.69) is 38.2 Å². The number of ether oxygens (including phenoxy) is 2. The molecule has 10 heteroatoms. The summed E-state index contributed by atoms with van der Waals surface area (Å²) in [5.41, 5.74) is 0. The minimum absolute atomic E-state index is 0.0329. The van der Waals surface area contributed by atoms with Crippen LogP contribution in [0.5, 0.6) is 0 Å². The van der Waals surface area contributed by atoms with Gasteiger partial charge in [-0.05, 0) is 44.9 Å². The summed E-state index contributed by atoms with van der Waals surface area (Å²) in [5, 5.41) is 0. The van der Waals surface area contributed by atoms with Crippen molar-refractivity contribution < 1.29 is 42.1 Å². The first-order chi connectivity index (χ1) is 28.5. The molecule has 2 atom stereocenters. The summed E-state index contributed by atoms with van der Waals surface area (Å²) in [6.45, 7) is 4.43. The minimum Gasteiger partial charge on any atom is -0.462 e. The smallest absolute Gasteiger partial charge is 0.462 e. The Balaban J connectivity index is 4.27. The number of carbonyl (C=O) groups excluding carboxylic acids is 2. The van der Waals surface area contributed by atoms with Gasteiger partial charge < -0.3 is 18.9 Å². The third kappa shape index (κ3) is 45.8. The number of rotatable bonds is 45. The molecule has 0 aliphatic heterocycles. The van der Waals surface area contributed by atoms with Crippen molar-refractivity contribution in [1.82, 2.24) is 0 Å². The molecule has 0 aromatic rings. The Labute approximate surface area is 364 Å². The standard InChI is InChI=1S/C49H94NO8P/c1-6-8-10-12-14-16-18-20-22-24-25-26-28-30-32-34-36-38-40-42-49(52)58-47(46-57-59(53,54)56-44-43-50(3,4)5)45-55-48(51)41-39-37-35-33-31-29-27-23-21-19-17-15-13-11-9-7-2/h14,16,20,22,47H,6-13,15,17-19,21,23-46H2,1-5H3/p+1/b16-14-,22-20-. The highest BCUT2D eigenvalue weighted by Gasteiger charge is 2.27. The first kappa shape index (κ1) is 57.5. The number of unbranched alkanes of at least 4 members (excludes halogenated alkanes) is 27. The molecular weight excluding hydrogens is 762 g/mol. The lowest BCUT2D eigenvalue weighted by Gasteiger charge is -2.24. The highest BCUT2D eigenvalue weighted by molar-refractivity contribution is 7.47. The minimum atomic E-state index is -4.38. The van der Waals surface area contributed by atoms with Gasteiger partial charge in [0.15, 0.2) is 6.10 Å². The highest BCUT2D eigenvalue weighted by atomic mass is 31.2. The Morgan fingerprint density at radius 2 is 0.915 bits per heavy atom. The average Bonchev–Trinajstić information content (AvgIpc) is 3.19. The van der Waals surface area contributed by atoms with Crippen LogP contribution in [0.2, 0.25) is 0 Å². The molecule has 0 aromatic carbocycles. The summed E-state index contributed by atoms with van der Waals surface area (Å²) in [6.07, 6.45) is 46.5. The third-order valence-electron chi connectivity index (χ3n) is 10.7. The molecule has 0 aliphatic rings. The normalized spacial score (nSPS) is 13.7. The fourth-order valence-corrected chi connectivity index (χ4v) is 7.61. The largest absolute Gasteiger partial charge is 0.472 e. The molecule has 0 saturated carbocycles. The van der Waals surface area contributed by atoms with Gasteiger partial charge in [0.1, 0.15) is 19.8 Å². The van der Waals surface area contributed by atoms with E-state index in [-0.39, 0.29) is 25.6 Å². The van der Waals surface area contributed by atoms with E-state index in [1.54, 1.807) is 0 Å². The first-order valence-corrected chi connectivity index (χ1v) is 26.1. The lowest BCUT2D eigenvalue weighted by Crippen LogP contribution is -2.37. The maximum atomic E-state index is 12.7. The lowest BCUT2D eigenvalue weighted by atomic mass is 10.0. The second-order valence-electron chi connectivity index (χ2n) is 17.9. The van der Waals surface area contributed by atoms with Crippen molar-refractivity contribution in [3.63, 3.8) is 0 Å². The van der Waals surface area contributed by atoms with Crippen LogP contribution in [0.3, 0.4) is 0 Å². The topological polar surface area (TPSA) is 108 Å². The summed E-state index contributed by atoms with van der Waals surface area (Å²) in [6, 6.07) is 0. The molecule has 0 radical (unpaired) electrons. The summed E-state index contributed by atoms with van der Waals surface area (Å²) in [7, 11) is 1.48. The van der Waals surface area contributed by atoms with E-state index < -0.39 is 26.5 Å². The van der Waals surface area contributed by atoms with Crippen molar-refractivity contribution in [2.24, 2.45) is 0 Å². The molecule has 0 heterocycles. The van der Waals surface area contributed by atoms with Gasteiger partial charge in [-0.25, -0.2) is 4.57 Å². The van der Waals surface area contributed by atoms with Crippen LogP contribution in [0.1, 0.15) is 226 Å². The number of nitrogens with zero attached hydrogens (tertiary/aromatic N) is 1. The van der Waals surface area contributed by atoms with Gasteiger partial charge in [-0.3, -0.25) is 18.6 Å². The zero-order chi connectivity index (χ0) is 43.6. The Morgan fingerprint density at radius 1 is 0.525 bits per heavy atom. The Hall–Kier alpha value is -1.51. The predicted molar refractivity (Wildman–Crippen MR) is 247 cm³/mol. The molecule has 9 nitrogen and oxygen atoms in total. The van der Waals surface area contributed by atoms with Crippen LogP contribution in [0.4, 0.5) is 0 Å². The summed E-state index contributed by atoms with van der Waals surface area (Å²) in [5.74, 6) is -0.792. The van der Waals surface area contributed by atoms with Gasteiger partial charge in [0, 0.05) is 12.8 Å². The fraction of sp³-hybridized carbons (Fsp3) is 0.878. The number of quaternary nitrogens is 1. The number of allylic oxidation sites excluding steroid dienone is 4. The van der Waals surface area contributed by atoms with Crippen molar-refractivity contribution in [1.29, 1.82) is 0 Å². The molecule has 0 saturated heterocycles. The first-order valence-electron chi connectivity index (χ1n) is 24.6. The number of esters is 2. The van der Waals surface area contributed by atoms with E-state index in [9.17, 15) is 19.0 Å². The maximum Gasteiger partial charge on any atom is 0.472 e. The number of hydrogen-bond acceptors (Lipinski definition) is 7. The summed E-state index contributed by atoms with van der Waals surface area (Å²) in [4.78, 5) is 35.5. The molecule has 348 valence electrons. The van der Waals surface area contributed by atoms with E-state index in [1.165, 1.54) is 148 Å². The van der Waals surface area contributed by atoms with E-state index in [4.69, 9.17) is 18.5 Å². The number of hydrogen-bond donors (Lipinski definition) is 1. The molecule has 0 bridgehead atoms. The average molecular weight is 857 g/mol. The Kier molecular flexibility index (Phi) is 40.8. The van der Waals surface area contributed by atoms with Crippen LogP contribution >= 0.6 is 7.82 Å². The van der Waals surface area contributed by atoms with Gasteiger partial charge in [0.2, 0.25) is 0 Å². The van der Waals surface area contributed by atoms with E-state index in [0.29, 0.717) is 23.9 Å². The van der Waals surface area contributed by atoms with Gasteiger partial charge in [0.05, 0.1) is 27.7 Å². The van der Waals surface area contributed by atoms with E-state index in [1.807, 2.05) is 21.1 Å². The van der Waals surface area contributed by atoms with Crippen molar-refractivity contribution in [2.45, 2.75) is 232 Å². The lowest BCUT2D eigenvalue weighted by molar-refractivity contribution is -0.870. The van der Waals surface area contributed by atoms with Crippen LogP contribution in [-0.2, 0) is 32.7 Å². The predicted octanol–water partition coefficient (Wildman–Crippen LogP) is 14.3. The molecule has 59 heavy (non-hydrogen) atoms. The van der Waals surface area contributed by atoms with Crippen molar-refractivity contribution in [3.8, 4) is 0 Å². The van der Waals surface area contributed by atoms with E-state index >= 15 is 0 Å². The van der Waals surface area contributed by atoms with Gasteiger partial charge in [-0.15, -0.1) is 0 Å². The molecule has 0 amide bonds. The van der Waals surface area contributed by atoms with Crippen molar-refractivity contribution in [3.05, 3.63) is 24.3 Å². The molecule has 0 fully saturated rings. The van der Waals surface area contributed by atoms with Crippen LogP contribution in [0.15, 0.2) is 24.3 Å². The van der Waals surface area contributed by atoms with Gasteiger partial charge in [0.25, 0.3) is 0 Å². The summed E-state index contributed by atoms with van der Waals surface area (Å²) < 4.78 is 34.4. The van der Waals surface area contributed by atoms with Crippen LogP contribution < -0.4 is 0 Å². The molecule has 1 N–H and O–H groups in total. The molecule has 0 spiro atoms. The quantitative estimate of drug-likeness (QED) is 0.0212. The molecule has 0 aliphatic carbocycles. The molecule has 0 aromatic heterocycles. The van der Waals surface area contributed by atoms with Gasteiger partial charge >= 0.3 is 19.8 Å². The molecule has 0 rings (SSSR count). The Morgan fingerprint density at radius 3 is 1.37 bits per heavy atom. The zero-order valence-corrected chi connectivity index (χ0v) is 40.1. The molecular formula is C49H95NO8P+. The highest BCUT2D eigenvalue weighted by Crippen LogP contribution is 2.43. The summed E-state index contributed by atoms with van der Waals surface area (Å²) >= 11 is 0. The maximum absolute atomic E-state index is 12.7. The SMILES string of the molecule is CCCCC/C=C\C/C=C\CCCCCCCCCCCC(=O)OC(COC(=O)CCCCCCCCCCCCCCCCCC)COP(=O)(O)OCC[N+](C)(C)C. The number of phosphoric ester groups is 1. The van der Waals surface area contributed by atoms with Crippen LogP contribution in [0.25, 0.3) is 0 Å². The second-order valence-corrected chi connectivity index (χ2v) is 19.3. The third-order valence-corrected chi connectivity index (χ3v) is 11.7. The number of carbonyl (C=O) groups is 2. The molecule has 2 unspecified atom stereocenters. The van der Waals surface area contributed by atoms with E-state index in [0.717, 1.165) is 44.9 Å². The zero-order valence-electron chi connectivity index (χ0n) is 39.2. The van der Waals surface area contributed by atoms with Gasteiger partial charge in [-0.1, -0.05) is 192 Å². The van der Waals surface area contributed by atoms with Gasteiger partial charge in [-0.2, -0.15) is 0 Å². The number of phosphoric acid groups is 1. The van der Waals surface area contributed by atoms with Crippen LogP contribution in [-0.4, -0.2) is 74.9 Å². The Bertz CT molecular complexity index is 1060. The van der Waals surface area contributed by atoms with Crippen molar-refractivity contribution >= 4 is 19.8 Å².